The summed E-state index contributed by atoms with van der Waals surface area (Å²) in [6, 6.07) is 0. The van der Waals surface area contributed by atoms with E-state index < -0.39 is 0 Å². The smallest absolute Gasteiger partial charge is 0.163 e. The maximum Gasteiger partial charge on any atom is 0.163 e. The lowest BCUT2D eigenvalue weighted by Crippen LogP contribution is -2.43. The Morgan fingerprint density at radius 1 is 1.33 bits per heavy atom. The zero-order valence-corrected chi connectivity index (χ0v) is 8.91. The van der Waals surface area contributed by atoms with Crippen LogP contribution in [0.3, 0.4) is 0 Å². The van der Waals surface area contributed by atoms with E-state index in [9.17, 15) is 0 Å². The van der Waals surface area contributed by atoms with Gasteiger partial charge in [-0.05, 0) is 12.8 Å². The van der Waals surface area contributed by atoms with Crippen LogP contribution in [0.1, 0.15) is 30.9 Å². The van der Waals surface area contributed by atoms with Crippen molar-refractivity contribution < 1.29 is 4.52 Å². The van der Waals surface area contributed by atoms with Crippen molar-refractivity contribution in [3.63, 3.8) is 0 Å². The van der Waals surface area contributed by atoms with Gasteiger partial charge in [-0.15, -0.1) is 0 Å². The van der Waals surface area contributed by atoms with Gasteiger partial charge < -0.3 is 14.7 Å². The van der Waals surface area contributed by atoms with E-state index in [2.05, 4.69) is 15.4 Å². The van der Waals surface area contributed by atoms with Crippen molar-refractivity contribution in [2.24, 2.45) is 0 Å². The van der Waals surface area contributed by atoms with E-state index >= 15 is 0 Å². The molecule has 0 atom stereocenters. The molecule has 15 heavy (non-hydrogen) atoms. The molecule has 0 spiro atoms. The van der Waals surface area contributed by atoms with Gasteiger partial charge in [-0.2, -0.15) is 0 Å². The lowest BCUT2D eigenvalue weighted by atomic mass is 9.83. The van der Waals surface area contributed by atoms with Crippen molar-refractivity contribution in [3.05, 3.63) is 12.0 Å². The standard InChI is InChI=1S/C11H17N3O/c1-2-9(3-1)11-10(8-13-15-11)14-6-4-12-5-7-14/h8-9,12H,1-7H2. The Balaban J connectivity index is 1.80. The summed E-state index contributed by atoms with van der Waals surface area (Å²) < 4.78 is 5.41. The minimum Gasteiger partial charge on any atom is -0.365 e. The summed E-state index contributed by atoms with van der Waals surface area (Å²) in [5, 5.41) is 7.32. The fourth-order valence-electron chi connectivity index (χ4n) is 2.34. The highest BCUT2D eigenvalue weighted by Crippen LogP contribution is 2.40. The maximum atomic E-state index is 5.41. The van der Waals surface area contributed by atoms with Gasteiger partial charge in [0.1, 0.15) is 5.69 Å². The third kappa shape index (κ3) is 1.63. The van der Waals surface area contributed by atoms with E-state index in [0.717, 1.165) is 31.9 Å². The Kier molecular flexibility index (Phi) is 2.37. The first kappa shape index (κ1) is 9.21. The van der Waals surface area contributed by atoms with E-state index in [-0.39, 0.29) is 0 Å². The second-order valence-corrected chi connectivity index (χ2v) is 4.44. The van der Waals surface area contributed by atoms with Crippen LogP contribution in [0.25, 0.3) is 0 Å². The van der Waals surface area contributed by atoms with Gasteiger partial charge in [-0.3, -0.25) is 0 Å². The number of nitrogens with one attached hydrogen (secondary N) is 1. The van der Waals surface area contributed by atoms with Gasteiger partial charge in [0.2, 0.25) is 0 Å². The molecular formula is C11H17N3O. The van der Waals surface area contributed by atoms with Crippen LogP contribution in [0.15, 0.2) is 10.7 Å². The van der Waals surface area contributed by atoms with E-state index in [4.69, 9.17) is 4.52 Å². The Hall–Kier alpha value is -1.03. The minimum atomic E-state index is 0.636. The number of aromatic nitrogens is 1. The van der Waals surface area contributed by atoms with Crippen LogP contribution < -0.4 is 10.2 Å². The molecule has 1 aliphatic carbocycles. The largest absolute Gasteiger partial charge is 0.365 e. The molecule has 0 radical (unpaired) electrons. The van der Waals surface area contributed by atoms with E-state index in [1.807, 2.05) is 6.20 Å². The lowest BCUT2D eigenvalue weighted by Gasteiger charge is -2.31. The molecule has 0 unspecified atom stereocenters. The third-order valence-corrected chi connectivity index (χ3v) is 3.51. The highest BCUT2D eigenvalue weighted by Gasteiger charge is 2.28. The molecule has 1 aromatic rings. The summed E-state index contributed by atoms with van der Waals surface area (Å²) in [6.07, 6.45) is 5.77. The predicted molar refractivity (Wildman–Crippen MR) is 58.2 cm³/mol. The number of hydrogen-bond acceptors (Lipinski definition) is 4. The van der Waals surface area contributed by atoms with E-state index in [1.165, 1.54) is 24.9 Å². The fraction of sp³-hybridized carbons (Fsp3) is 0.727. The molecule has 1 aliphatic heterocycles. The Bertz CT molecular complexity index is 326. The monoisotopic (exact) mass is 207 g/mol. The van der Waals surface area contributed by atoms with Crippen molar-refractivity contribution in [1.29, 1.82) is 0 Å². The van der Waals surface area contributed by atoms with Crippen LogP contribution in [0.2, 0.25) is 0 Å². The SMILES string of the molecule is c1noc(C2CCC2)c1N1CCNCC1. The van der Waals surface area contributed by atoms with Gasteiger partial charge in [0.05, 0.1) is 6.20 Å². The summed E-state index contributed by atoms with van der Waals surface area (Å²) in [5.41, 5.74) is 1.24. The molecule has 4 nitrogen and oxygen atoms in total. The number of piperazine rings is 1. The number of nitrogens with zero attached hydrogens (tertiary/aromatic N) is 2. The van der Waals surface area contributed by atoms with Crippen molar-refractivity contribution in [2.45, 2.75) is 25.2 Å². The number of hydrogen-bond donors (Lipinski definition) is 1. The second-order valence-electron chi connectivity index (χ2n) is 4.44. The van der Waals surface area contributed by atoms with Crippen LogP contribution in [-0.2, 0) is 0 Å². The Morgan fingerprint density at radius 2 is 2.13 bits per heavy atom. The van der Waals surface area contributed by atoms with Crippen LogP contribution in [-0.4, -0.2) is 31.3 Å². The Labute approximate surface area is 89.6 Å². The van der Waals surface area contributed by atoms with Crippen LogP contribution in [0.4, 0.5) is 5.69 Å². The molecule has 0 amide bonds. The summed E-state index contributed by atoms with van der Waals surface area (Å²) in [7, 11) is 0. The van der Waals surface area contributed by atoms with Gasteiger partial charge in [-0.25, -0.2) is 0 Å². The van der Waals surface area contributed by atoms with E-state index in [0.29, 0.717) is 5.92 Å². The molecule has 1 N–H and O–H groups in total. The zero-order chi connectivity index (χ0) is 10.1. The summed E-state index contributed by atoms with van der Waals surface area (Å²) >= 11 is 0. The predicted octanol–water partition coefficient (Wildman–Crippen LogP) is 1.35. The minimum absolute atomic E-state index is 0.636. The van der Waals surface area contributed by atoms with Crippen molar-refractivity contribution >= 4 is 5.69 Å². The third-order valence-electron chi connectivity index (χ3n) is 3.51. The highest BCUT2D eigenvalue weighted by molar-refractivity contribution is 5.50. The van der Waals surface area contributed by atoms with Crippen molar-refractivity contribution in [3.8, 4) is 0 Å². The fourth-order valence-corrected chi connectivity index (χ4v) is 2.34. The topological polar surface area (TPSA) is 41.3 Å². The first-order chi connectivity index (χ1) is 7.45. The Morgan fingerprint density at radius 3 is 2.80 bits per heavy atom. The molecule has 2 aliphatic rings. The molecule has 1 saturated heterocycles. The normalized spacial score (nSPS) is 22.8. The highest BCUT2D eigenvalue weighted by atomic mass is 16.5. The maximum absolute atomic E-state index is 5.41. The molecule has 1 saturated carbocycles. The van der Waals surface area contributed by atoms with Crippen LogP contribution in [0, 0.1) is 0 Å². The summed E-state index contributed by atoms with van der Waals surface area (Å²) in [5.74, 6) is 1.76. The first-order valence-corrected chi connectivity index (χ1v) is 5.85. The van der Waals surface area contributed by atoms with Crippen LogP contribution in [0.5, 0.6) is 0 Å². The van der Waals surface area contributed by atoms with Crippen molar-refractivity contribution in [1.82, 2.24) is 10.5 Å². The van der Waals surface area contributed by atoms with Gasteiger partial charge in [0.25, 0.3) is 0 Å². The van der Waals surface area contributed by atoms with Crippen LogP contribution >= 0.6 is 0 Å². The summed E-state index contributed by atoms with van der Waals surface area (Å²) in [6.45, 7) is 4.27. The summed E-state index contributed by atoms with van der Waals surface area (Å²) in [4.78, 5) is 2.39. The first-order valence-electron chi connectivity index (χ1n) is 5.85. The molecule has 1 aromatic heterocycles. The number of anilines is 1. The molecule has 0 bridgehead atoms. The molecule has 82 valence electrons. The average Bonchev–Trinajstić information content (AvgIpc) is 2.65. The molecule has 0 aromatic carbocycles. The molecule has 2 fully saturated rings. The van der Waals surface area contributed by atoms with E-state index in [1.54, 1.807) is 0 Å². The van der Waals surface area contributed by atoms with Gasteiger partial charge in [0, 0.05) is 32.1 Å². The quantitative estimate of drug-likeness (QED) is 0.795. The number of rotatable bonds is 2. The molecule has 3 rings (SSSR count). The van der Waals surface area contributed by atoms with Gasteiger partial charge >= 0.3 is 0 Å². The average molecular weight is 207 g/mol. The molecule has 4 heteroatoms. The lowest BCUT2D eigenvalue weighted by molar-refractivity contribution is 0.300. The molecular weight excluding hydrogens is 190 g/mol. The van der Waals surface area contributed by atoms with Gasteiger partial charge in [0.15, 0.2) is 5.76 Å². The van der Waals surface area contributed by atoms with Crippen molar-refractivity contribution in [2.75, 3.05) is 31.1 Å². The van der Waals surface area contributed by atoms with Gasteiger partial charge in [-0.1, -0.05) is 11.6 Å². The zero-order valence-electron chi connectivity index (χ0n) is 8.91. The second kappa shape index (κ2) is 3.85. The molecule has 2 heterocycles.